The molecule has 0 saturated carbocycles. The predicted octanol–water partition coefficient (Wildman–Crippen LogP) is 2.68. The van der Waals surface area contributed by atoms with E-state index in [1.165, 1.54) is 5.56 Å². The lowest BCUT2D eigenvalue weighted by Crippen LogP contribution is -2.23. The van der Waals surface area contributed by atoms with E-state index in [1.807, 2.05) is 24.4 Å². The van der Waals surface area contributed by atoms with E-state index in [0.29, 0.717) is 5.75 Å². The van der Waals surface area contributed by atoms with Crippen molar-refractivity contribution in [3.8, 4) is 5.75 Å². The van der Waals surface area contributed by atoms with Gasteiger partial charge in [-0.1, -0.05) is 25.1 Å². The molecule has 3 nitrogen and oxygen atoms in total. The molecule has 0 saturated heterocycles. The largest absolute Gasteiger partial charge is 0.508 e. The second kappa shape index (κ2) is 6.17. The summed E-state index contributed by atoms with van der Waals surface area (Å²) in [5, 5.41) is 12.9. The van der Waals surface area contributed by atoms with Crippen molar-refractivity contribution in [2.24, 2.45) is 0 Å². The molecule has 1 heterocycles. The molecule has 2 N–H and O–H groups in total. The van der Waals surface area contributed by atoms with Gasteiger partial charge in [-0.25, -0.2) is 0 Å². The number of nitrogens with one attached hydrogen (secondary N) is 1. The van der Waals surface area contributed by atoms with Crippen molar-refractivity contribution in [3.05, 3.63) is 59.9 Å². The Morgan fingerprint density at radius 1 is 1.28 bits per heavy atom. The molecule has 0 amide bonds. The molecular weight excluding hydrogens is 224 g/mol. The number of hydrogen-bond acceptors (Lipinski definition) is 3. The van der Waals surface area contributed by atoms with Crippen molar-refractivity contribution < 1.29 is 5.11 Å². The minimum atomic E-state index is 0.227. The first-order valence-corrected chi connectivity index (χ1v) is 6.21. The Balaban J connectivity index is 2.16. The number of aromatic hydroxyl groups is 1. The first kappa shape index (κ1) is 12.6. The molecule has 0 aliphatic heterocycles. The van der Waals surface area contributed by atoms with Gasteiger partial charge in [0.2, 0.25) is 0 Å². The number of benzene rings is 1. The zero-order valence-corrected chi connectivity index (χ0v) is 10.5. The molecule has 1 unspecified atom stereocenters. The third kappa shape index (κ3) is 3.31. The van der Waals surface area contributed by atoms with E-state index in [2.05, 4.69) is 23.3 Å². The highest BCUT2D eigenvalue weighted by molar-refractivity contribution is 5.29. The number of phenols is 1. The summed E-state index contributed by atoms with van der Waals surface area (Å²) in [7, 11) is 0. The van der Waals surface area contributed by atoms with Crippen LogP contribution < -0.4 is 5.32 Å². The van der Waals surface area contributed by atoms with Crippen LogP contribution in [0.1, 0.15) is 24.1 Å². The highest BCUT2D eigenvalue weighted by Gasteiger charge is 2.11. The standard InChI is InChI=1S/C15H18N2O/c1-2-17-15(13-6-4-8-16-11-13)10-12-5-3-7-14(18)9-12/h3-9,11,15,17-18H,2,10H2,1H3. The first-order valence-electron chi connectivity index (χ1n) is 6.21. The van der Waals surface area contributed by atoms with Crippen molar-refractivity contribution in [2.75, 3.05) is 6.54 Å². The van der Waals surface area contributed by atoms with Gasteiger partial charge >= 0.3 is 0 Å². The van der Waals surface area contributed by atoms with Crippen molar-refractivity contribution in [2.45, 2.75) is 19.4 Å². The number of hydrogen-bond donors (Lipinski definition) is 2. The molecule has 2 aromatic rings. The first-order chi connectivity index (χ1) is 8.79. The maximum absolute atomic E-state index is 9.49. The SMILES string of the molecule is CCNC(Cc1cccc(O)c1)c1cccnc1. The zero-order chi connectivity index (χ0) is 12.8. The van der Waals surface area contributed by atoms with Gasteiger partial charge in [-0.2, -0.15) is 0 Å². The highest BCUT2D eigenvalue weighted by atomic mass is 16.3. The summed E-state index contributed by atoms with van der Waals surface area (Å²) in [4.78, 5) is 4.16. The number of likely N-dealkylation sites (N-methyl/N-ethyl adjacent to an activating group) is 1. The van der Waals surface area contributed by atoms with Gasteiger partial charge < -0.3 is 10.4 Å². The van der Waals surface area contributed by atoms with E-state index in [1.54, 1.807) is 18.3 Å². The summed E-state index contributed by atoms with van der Waals surface area (Å²) >= 11 is 0. The summed E-state index contributed by atoms with van der Waals surface area (Å²) in [6, 6.07) is 11.6. The molecule has 1 atom stereocenters. The third-order valence-electron chi connectivity index (χ3n) is 2.89. The Labute approximate surface area is 108 Å². The van der Waals surface area contributed by atoms with Crippen LogP contribution in [0.4, 0.5) is 0 Å². The molecule has 94 valence electrons. The van der Waals surface area contributed by atoms with E-state index >= 15 is 0 Å². The topological polar surface area (TPSA) is 45.1 Å². The van der Waals surface area contributed by atoms with Crippen molar-refractivity contribution in [1.29, 1.82) is 0 Å². The van der Waals surface area contributed by atoms with Crippen molar-refractivity contribution in [3.63, 3.8) is 0 Å². The van der Waals surface area contributed by atoms with Crippen LogP contribution in [0.15, 0.2) is 48.8 Å². The summed E-state index contributed by atoms with van der Waals surface area (Å²) in [6.07, 6.45) is 4.50. The monoisotopic (exact) mass is 242 g/mol. The number of pyridine rings is 1. The van der Waals surface area contributed by atoms with Crippen LogP contribution in [0.5, 0.6) is 5.75 Å². The van der Waals surface area contributed by atoms with Crippen molar-refractivity contribution in [1.82, 2.24) is 10.3 Å². The van der Waals surface area contributed by atoms with Gasteiger partial charge in [0, 0.05) is 18.4 Å². The van der Waals surface area contributed by atoms with E-state index in [9.17, 15) is 5.11 Å². The normalized spacial score (nSPS) is 12.3. The molecular formula is C15H18N2O. The van der Waals surface area contributed by atoms with E-state index in [0.717, 1.165) is 18.5 Å². The van der Waals surface area contributed by atoms with Gasteiger partial charge in [-0.15, -0.1) is 0 Å². The van der Waals surface area contributed by atoms with Crippen LogP contribution >= 0.6 is 0 Å². The lowest BCUT2D eigenvalue weighted by Gasteiger charge is -2.18. The van der Waals surface area contributed by atoms with E-state index < -0.39 is 0 Å². The van der Waals surface area contributed by atoms with Crippen LogP contribution in [0.3, 0.4) is 0 Å². The number of nitrogens with zero attached hydrogens (tertiary/aromatic N) is 1. The van der Waals surface area contributed by atoms with Gasteiger partial charge in [0.25, 0.3) is 0 Å². The molecule has 18 heavy (non-hydrogen) atoms. The van der Waals surface area contributed by atoms with Gasteiger partial charge in [0.05, 0.1) is 0 Å². The fourth-order valence-corrected chi connectivity index (χ4v) is 2.06. The molecule has 3 heteroatoms. The average molecular weight is 242 g/mol. The molecule has 0 radical (unpaired) electrons. The van der Waals surface area contributed by atoms with Crippen LogP contribution in [0, 0.1) is 0 Å². The van der Waals surface area contributed by atoms with E-state index in [-0.39, 0.29) is 6.04 Å². The second-order valence-corrected chi connectivity index (χ2v) is 4.27. The van der Waals surface area contributed by atoms with Gasteiger partial charge in [0.1, 0.15) is 5.75 Å². The number of phenolic OH excluding ortho intramolecular Hbond substituents is 1. The van der Waals surface area contributed by atoms with Crippen LogP contribution in [-0.2, 0) is 6.42 Å². The summed E-state index contributed by atoms with van der Waals surface area (Å²) < 4.78 is 0. The smallest absolute Gasteiger partial charge is 0.115 e. The lowest BCUT2D eigenvalue weighted by molar-refractivity contribution is 0.473. The molecule has 0 fully saturated rings. The third-order valence-corrected chi connectivity index (χ3v) is 2.89. The van der Waals surface area contributed by atoms with Gasteiger partial charge in [0.15, 0.2) is 0 Å². The molecule has 1 aromatic heterocycles. The van der Waals surface area contributed by atoms with Crippen LogP contribution in [-0.4, -0.2) is 16.6 Å². The summed E-state index contributed by atoms with van der Waals surface area (Å²) in [6.45, 7) is 2.99. The summed E-state index contributed by atoms with van der Waals surface area (Å²) in [5.74, 6) is 0.314. The number of rotatable bonds is 5. The van der Waals surface area contributed by atoms with Gasteiger partial charge in [-0.3, -0.25) is 4.98 Å². The Morgan fingerprint density at radius 2 is 2.17 bits per heavy atom. The van der Waals surface area contributed by atoms with Crippen molar-refractivity contribution >= 4 is 0 Å². The molecule has 0 aliphatic carbocycles. The van der Waals surface area contributed by atoms with Gasteiger partial charge in [-0.05, 0) is 42.3 Å². The quantitative estimate of drug-likeness (QED) is 0.847. The second-order valence-electron chi connectivity index (χ2n) is 4.27. The molecule has 2 rings (SSSR count). The Kier molecular flexibility index (Phi) is 4.31. The lowest BCUT2D eigenvalue weighted by atomic mass is 10.00. The minimum absolute atomic E-state index is 0.227. The summed E-state index contributed by atoms with van der Waals surface area (Å²) in [5.41, 5.74) is 2.28. The Morgan fingerprint density at radius 3 is 2.83 bits per heavy atom. The molecule has 0 spiro atoms. The highest BCUT2D eigenvalue weighted by Crippen LogP contribution is 2.20. The minimum Gasteiger partial charge on any atom is -0.508 e. The maximum Gasteiger partial charge on any atom is 0.115 e. The average Bonchev–Trinajstić information content (AvgIpc) is 2.39. The Bertz CT molecular complexity index is 485. The maximum atomic E-state index is 9.49. The molecule has 0 bridgehead atoms. The molecule has 1 aromatic carbocycles. The van der Waals surface area contributed by atoms with Crippen LogP contribution in [0.2, 0.25) is 0 Å². The molecule has 0 aliphatic rings. The van der Waals surface area contributed by atoms with E-state index in [4.69, 9.17) is 0 Å². The number of aromatic nitrogens is 1. The Hall–Kier alpha value is -1.87. The zero-order valence-electron chi connectivity index (χ0n) is 10.5. The van der Waals surface area contributed by atoms with Crippen LogP contribution in [0.25, 0.3) is 0 Å². The fraction of sp³-hybridized carbons (Fsp3) is 0.267. The fourth-order valence-electron chi connectivity index (χ4n) is 2.06. The predicted molar refractivity (Wildman–Crippen MR) is 72.5 cm³/mol.